The number of pyridine rings is 1. The van der Waals surface area contributed by atoms with Gasteiger partial charge in [-0.1, -0.05) is 11.6 Å². The Morgan fingerprint density at radius 1 is 1.07 bits per heavy atom. The Bertz CT molecular complexity index is 1280. The van der Waals surface area contributed by atoms with Crippen molar-refractivity contribution in [1.29, 1.82) is 0 Å². The molecule has 0 saturated heterocycles. The Labute approximate surface area is 166 Å². The van der Waals surface area contributed by atoms with Gasteiger partial charge in [0.05, 0.1) is 4.90 Å². The van der Waals surface area contributed by atoms with Gasteiger partial charge in [-0.05, 0) is 54.6 Å². The lowest BCUT2D eigenvalue weighted by molar-refractivity contribution is 0.475. The standard InChI is InChI=1S/C19H15ClN4O3S/c1-28(26,27)15-6-3-13(4-7-15)21-19-22-18-9-2-12(11-24(18)23-19)16-10-14(25)5-8-17(16)20/h2-11,25H,1H3,(H,21,23). The van der Waals surface area contributed by atoms with Crippen molar-refractivity contribution >= 4 is 38.7 Å². The molecule has 7 nitrogen and oxygen atoms in total. The van der Waals surface area contributed by atoms with E-state index in [-0.39, 0.29) is 10.6 Å². The Morgan fingerprint density at radius 2 is 1.82 bits per heavy atom. The Morgan fingerprint density at radius 3 is 2.54 bits per heavy atom. The van der Waals surface area contributed by atoms with Gasteiger partial charge in [-0.3, -0.25) is 0 Å². The summed E-state index contributed by atoms with van der Waals surface area (Å²) in [4.78, 5) is 4.64. The third-order valence-electron chi connectivity index (χ3n) is 4.13. The van der Waals surface area contributed by atoms with Gasteiger partial charge in [0.2, 0.25) is 5.95 Å². The Balaban J connectivity index is 1.64. The molecule has 4 rings (SSSR count). The fraction of sp³-hybridized carbons (Fsp3) is 0.0526. The quantitative estimate of drug-likeness (QED) is 0.525. The molecule has 0 fully saturated rings. The largest absolute Gasteiger partial charge is 0.508 e. The minimum Gasteiger partial charge on any atom is -0.508 e. The summed E-state index contributed by atoms with van der Waals surface area (Å²) >= 11 is 6.23. The highest BCUT2D eigenvalue weighted by Crippen LogP contribution is 2.31. The summed E-state index contributed by atoms with van der Waals surface area (Å²) in [7, 11) is -3.24. The predicted molar refractivity (Wildman–Crippen MR) is 108 cm³/mol. The van der Waals surface area contributed by atoms with Crippen LogP contribution in [0.15, 0.2) is 65.7 Å². The lowest BCUT2D eigenvalue weighted by atomic mass is 10.1. The highest BCUT2D eigenvalue weighted by molar-refractivity contribution is 7.90. The van der Waals surface area contributed by atoms with Crippen molar-refractivity contribution in [3.8, 4) is 16.9 Å². The van der Waals surface area contributed by atoms with E-state index in [0.29, 0.717) is 27.9 Å². The van der Waals surface area contributed by atoms with Crippen LogP contribution in [0.25, 0.3) is 16.8 Å². The summed E-state index contributed by atoms with van der Waals surface area (Å²) in [5.74, 6) is 0.490. The van der Waals surface area contributed by atoms with E-state index in [1.165, 1.54) is 18.2 Å². The number of hydrogen-bond donors (Lipinski definition) is 2. The lowest BCUT2D eigenvalue weighted by Gasteiger charge is -2.05. The molecule has 4 aromatic rings. The van der Waals surface area contributed by atoms with Crippen molar-refractivity contribution in [2.75, 3.05) is 11.6 Å². The third kappa shape index (κ3) is 3.64. The molecule has 2 aromatic heterocycles. The zero-order chi connectivity index (χ0) is 19.9. The van der Waals surface area contributed by atoms with Crippen LogP contribution in [0.3, 0.4) is 0 Å². The summed E-state index contributed by atoms with van der Waals surface area (Å²) < 4.78 is 24.7. The van der Waals surface area contributed by atoms with Gasteiger partial charge in [0.1, 0.15) is 5.75 Å². The molecule has 0 atom stereocenters. The van der Waals surface area contributed by atoms with Crippen LogP contribution in [0.4, 0.5) is 11.6 Å². The van der Waals surface area contributed by atoms with Gasteiger partial charge in [-0.25, -0.2) is 12.9 Å². The molecule has 0 unspecified atom stereocenters. The van der Waals surface area contributed by atoms with Gasteiger partial charge >= 0.3 is 0 Å². The average Bonchev–Trinajstić information content (AvgIpc) is 3.04. The van der Waals surface area contributed by atoms with Crippen molar-refractivity contribution in [3.05, 3.63) is 65.8 Å². The van der Waals surface area contributed by atoms with Crippen molar-refractivity contribution in [2.45, 2.75) is 4.90 Å². The number of benzene rings is 2. The van der Waals surface area contributed by atoms with E-state index >= 15 is 0 Å². The first-order chi connectivity index (χ1) is 13.3. The van der Waals surface area contributed by atoms with E-state index < -0.39 is 9.84 Å². The molecule has 0 spiro atoms. The normalized spacial score (nSPS) is 11.6. The molecule has 142 valence electrons. The van der Waals surface area contributed by atoms with Crippen LogP contribution < -0.4 is 5.32 Å². The number of rotatable bonds is 4. The lowest BCUT2D eigenvalue weighted by Crippen LogP contribution is -1.98. The van der Waals surface area contributed by atoms with Crippen LogP contribution >= 0.6 is 11.6 Å². The fourth-order valence-corrected chi connectivity index (χ4v) is 3.60. The minimum atomic E-state index is -3.24. The predicted octanol–water partition coefficient (Wildman–Crippen LogP) is 3.90. The number of nitrogens with one attached hydrogen (secondary N) is 1. The zero-order valence-electron chi connectivity index (χ0n) is 14.7. The Kier molecular flexibility index (Phi) is 4.44. The van der Waals surface area contributed by atoms with Crippen LogP contribution in [0.1, 0.15) is 0 Å². The first kappa shape index (κ1) is 18.3. The Hall–Kier alpha value is -3.10. The number of fused-ring (bicyclic) bond motifs is 1. The number of halogens is 1. The number of phenols is 1. The number of sulfone groups is 1. The molecule has 28 heavy (non-hydrogen) atoms. The van der Waals surface area contributed by atoms with E-state index in [4.69, 9.17) is 11.6 Å². The second-order valence-electron chi connectivity index (χ2n) is 6.24. The maximum Gasteiger partial charge on any atom is 0.247 e. The van der Waals surface area contributed by atoms with Gasteiger partial charge in [0.15, 0.2) is 15.5 Å². The molecule has 0 saturated carbocycles. The molecule has 0 aliphatic carbocycles. The number of phenolic OH excluding ortho intramolecular Hbond substituents is 1. The van der Waals surface area contributed by atoms with Crippen LogP contribution in [0.2, 0.25) is 5.02 Å². The van der Waals surface area contributed by atoms with Crippen molar-refractivity contribution < 1.29 is 13.5 Å². The monoisotopic (exact) mass is 414 g/mol. The van der Waals surface area contributed by atoms with E-state index in [1.54, 1.807) is 41.0 Å². The molecule has 2 N–H and O–H groups in total. The van der Waals surface area contributed by atoms with Gasteiger partial charge in [0, 0.05) is 34.3 Å². The summed E-state index contributed by atoms with van der Waals surface area (Å²) in [6.45, 7) is 0. The summed E-state index contributed by atoms with van der Waals surface area (Å²) in [6.07, 6.45) is 2.93. The third-order valence-corrected chi connectivity index (χ3v) is 5.59. The SMILES string of the molecule is CS(=O)(=O)c1ccc(Nc2nc3ccc(-c4cc(O)ccc4Cl)cn3n2)cc1. The molecule has 0 aliphatic rings. The van der Waals surface area contributed by atoms with Crippen LogP contribution in [-0.2, 0) is 9.84 Å². The molecule has 2 heterocycles. The van der Waals surface area contributed by atoms with E-state index in [9.17, 15) is 13.5 Å². The summed E-state index contributed by atoms with van der Waals surface area (Å²) in [5, 5.41) is 17.7. The van der Waals surface area contributed by atoms with Gasteiger partial charge in [-0.15, -0.1) is 5.10 Å². The van der Waals surface area contributed by atoms with E-state index in [0.717, 1.165) is 11.8 Å². The second kappa shape index (κ2) is 6.81. The van der Waals surface area contributed by atoms with Crippen molar-refractivity contribution in [1.82, 2.24) is 14.6 Å². The van der Waals surface area contributed by atoms with Crippen LogP contribution in [0, 0.1) is 0 Å². The van der Waals surface area contributed by atoms with Gasteiger partial charge in [0.25, 0.3) is 0 Å². The van der Waals surface area contributed by atoms with Crippen LogP contribution in [0.5, 0.6) is 5.75 Å². The van der Waals surface area contributed by atoms with Crippen molar-refractivity contribution in [2.24, 2.45) is 0 Å². The fourth-order valence-electron chi connectivity index (χ4n) is 2.74. The summed E-state index contributed by atoms with van der Waals surface area (Å²) in [6, 6.07) is 14.7. The molecule has 0 amide bonds. The molecule has 2 aromatic carbocycles. The molecule has 0 bridgehead atoms. The first-order valence-corrected chi connectivity index (χ1v) is 10.5. The number of aromatic hydroxyl groups is 1. The second-order valence-corrected chi connectivity index (χ2v) is 8.66. The molecular weight excluding hydrogens is 400 g/mol. The average molecular weight is 415 g/mol. The number of nitrogens with zero attached hydrogens (tertiary/aromatic N) is 3. The van der Waals surface area contributed by atoms with E-state index in [1.807, 2.05) is 6.07 Å². The maximum absolute atomic E-state index is 11.5. The minimum absolute atomic E-state index is 0.123. The molecule has 0 radical (unpaired) electrons. The molecule has 9 heteroatoms. The zero-order valence-corrected chi connectivity index (χ0v) is 16.2. The van der Waals surface area contributed by atoms with Gasteiger partial charge in [-0.2, -0.15) is 4.98 Å². The first-order valence-electron chi connectivity index (χ1n) is 8.22. The van der Waals surface area contributed by atoms with Crippen molar-refractivity contribution in [3.63, 3.8) is 0 Å². The van der Waals surface area contributed by atoms with Crippen LogP contribution in [-0.4, -0.2) is 34.4 Å². The maximum atomic E-state index is 11.5. The van der Waals surface area contributed by atoms with E-state index in [2.05, 4.69) is 15.4 Å². The smallest absolute Gasteiger partial charge is 0.247 e. The molecular formula is C19H15ClN4O3S. The highest BCUT2D eigenvalue weighted by Gasteiger charge is 2.10. The topological polar surface area (TPSA) is 96.6 Å². The molecule has 0 aliphatic heterocycles. The number of hydrogen-bond acceptors (Lipinski definition) is 6. The number of anilines is 2. The highest BCUT2D eigenvalue weighted by atomic mass is 35.5. The number of aromatic nitrogens is 3. The summed E-state index contributed by atoms with van der Waals surface area (Å²) in [5.41, 5.74) is 2.75. The van der Waals surface area contributed by atoms with Gasteiger partial charge < -0.3 is 10.4 Å².